The summed E-state index contributed by atoms with van der Waals surface area (Å²) in [6.07, 6.45) is 1.63. The van der Waals surface area contributed by atoms with Crippen LogP contribution in [0.5, 0.6) is 0 Å². The van der Waals surface area contributed by atoms with E-state index in [1.54, 1.807) is 6.26 Å². The highest BCUT2D eigenvalue weighted by atomic mass is 32.2. The number of hydrogen-bond acceptors (Lipinski definition) is 7. The minimum Gasteiger partial charge on any atom is -0.467 e. The number of nitrogens with one attached hydrogen (secondary N) is 2. The summed E-state index contributed by atoms with van der Waals surface area (Å²) in [5.74, 6) is 0.765. The summed E-state index contributed by atoms with van der Waals surface area (Å²) in [5.41, 5.74) is 0.785. The molecule has 0 spiro atoms. The van der Waals surface area contributed by atoms with Crippen molar-refractivity contribution < 1.29 is 9.21 Å². The normalized spacial score (nSPS) is 11.9. The van der Waals surface area contributed by atoms with E-state index in [9.17, 15) is 4.79 Å². The number of furan rings is 1. The van der Waals surface area contributed by atoms with Gasteiger partial charge in [0, 0.05) is 5.69 Å². The number of benzene rings is 1. The first-order chi connectivity index (χ1) is 11.7. The van der Waals surface area contributed by atoms with Crippen LogP contribution < -0.4 is 10.6 Å². The molecule has 0 radical (unpaired) electrons. The van der Waals surface area contributed by atoms with Gasteiger partial charge in [-0.05, 0) is 31.2 Å². The topological polar surface area (TPSA) is 80.1 Å². The van der Waals surface area contributed by atoms with Crippen molar-refractivity contribution >= 4 is 39.8 Å². The number of nitrogens with zero attached hydrogens (tertiary/aromatic N) is 2. The maximum atomic E-state index is 12.2. The molecule has 0 bridgehead atoms. The van der Waals surface area contributed by atoms with Gasteiger partial charge in [0.25, 0.3) is 0 Å². The number of carbonyl (C=O) groups excluding carboxylic acids is 1. The number of anilines is 2. The van der Waals surface area contributed by atoms with Gasteiger partial charge in [-0.15, -0.1) is 10.2 Å². The molecular formula is C16H16N4O2S2. The van der Waals surface area contributed by atoms with Gasteiger partial charge in [0.2, 0.25) is 11.0 Å². The van der Waals surface area contributed by atoms with Crippen molar-refractivity contribution in [1.29, 1.82) is 0 Å². The zero-order valence-corrected chi connectivity index (χ0v) is 14.6. The zero-order chi connectivity index (χ0) is 16.8. The minimum atomic E-state index is -0.268. The number of rotatable bonds is 7. The van der Waals surface area contributed by atoms with Crippen LogP contribution in [0.3, 0.4) is 0 Å². The van der Waals surface area contributed by atoms with Gasteiger partial charge in [-0.2, -0.15) is 0 Å². The van der Waals surface area contributed by atoms with Crippen LogP contribution in [0.1, 0.15) is 12.7 Å². The van der Waals surface area contributed by atoms with E-state index in [2.05, 4.69) is 20.8 Å². The zero-order valence-electron chi connectivity index (χ0n) is 12.9. The Bertz CT molecular complexity index is 774. The molecule has 0 saturated carbocycles. The van der Waals surface area contributed by atoms with Gasteiger partial charge in [-0.25, -0.2) is 0 Å². The molecular weight excluding hydrogens is 344 g/mol. The number of hydrogen-bond donors (Lipinski definition) is 2. The average Bonchev–Trinajstić information content (AvgIpc) is 3.25. The quantitative estimate of drug-likeness (QED) is 0.623. The van der Waals surface area contributed by atoms with Crippen LogP contribution in [0.25, 0.3) is 0 Å². The van der Waals surface area contributed by atoms with Gasteiger partial charge in [0.15, 0.2) is 4.34 Å². The van der Waals surface area contributed by atoms with Gasteiger partial charge >= 0.3 is 0 Å². The van der Waals surface area contributed by atoms with Crippen molar-refractivity contribution in [2.75, 3.05) is 10.6 Å². The maximum absolute atomic E-state index is 12.2. The first-order valence-electron chi connectivity index (χ1n) is 7.33. The summed E-state index contributed by atoms with van der Waals surface area (Å²) in [6.45, 7) is 2.40. The standard InChI is InChI=1S/C16H16N4O2S2/c1-11(14(21)18-12-6-3-2-4-7-12)23-16-20-19-15(24-16)17-10-13-8-5-9-22-13/h2-9,11H,10H2,1H3,(H,17,19)(H,18,21). The molecule has 6 nitrogen and oxygen atoms in total. The summed E-state index contributed by atoms with van der Waals surface area (Å²) < 4.78 is 5.99. The number of aromatic nitrogens is 2. The van der Waals surface area contributed by atoms with Crippen molar-refractivity contribution in [1.82, 2.24) is 10.2 Å². The maximum Gasteiger partial charge on any atom is 0.237 e. The van der Waals surface area contributed by atoms with E-state index in [1.165, 1.54) is 23.1 Å². The van der Waals surface area contributed by atoms with E-state index in [4.69, 9.17) is 4.42 Å². The van der Waals surface area contributed by atoms with Crippen LogP contribution >= 0.6 is 23.1 Å². The molecule has 2 heterocycles. The van der Waals surface area contributed by atoms with Gasteiger partial charge in [-0.3, -0.25) is 4.79 Å². The highest BCUT2D eigenvalue weighted by Gasteiger charge is 2.17. The molecule has 0 aliphatic rings. The second kappa shape index (κ2) is 7.98. The SMILES string of the molecule is CC(Sc1nnc(NCc2ccco2)s1)C(=O)Nc1ccccc1. The molecule has 8 heteroatoms. The molecule has 24 heavy (non-hydrogen) atoms. The lowest BCUT2D eigenvalue weighted by Gasteiger charge is -2.09. The van der Waals surface area contributed by atoms with E-state index < -0.39 is 0 Å². The Labute approximate surface area is 147 Å². The Kier molecular flexibility index (Phi) is 5.50. The van der Waals surface area contributed by atoms with Gasteiger partial charge < -0.3 is 15.1 Å². The monoisotopic (exact) mass is 360 g/mol. The summed E-state index contributed by atoms with van der Waals surface area (Å²) >= 11 is 2.80. The predicted octanol–water partition coefficient (Wildman–Crippen LogP) is 3.86. The molecule has 0 aliphatic carbocycles. The van der Waals surface area contributed by atoms with Crippen LogP contribution in [0.15, 0.2) is 57.5 Å². The van der Waals surface area contributed by atoms with Crippen LogP contribution in [0, 0.1) is 0 Å². The van der Waals surface area contributed by atoms with E-state index in [1.807, 2.05) is 49.4 Å². The van der Waals surface area contributed by atoms with Gasteiger partial charge in [-0.1, -0.05) is 41.3 Å². The van der Waals surface area contributed by atoms with E-state index in [0.29, 0.717) is 11.7 Å². The van der Waals surface area contributed by atoms with Crippen molar-refractivity contribution in [2.45, 2.75) is 23.1 Å². The second-order valence-electron chi connectivity index (χ2n) is 4.92. The summed E-state index contributed by atoms with van der Waals surface area (Å²) in [4.78, 5) is 12.2. The third-order valence-corrected chi connectivity index (χ3v) is 5.15. The number of amides is 1. The molecule has 2 N–H and O–H groups in total. The molecule has 0 fully saturated rings. The Hall–Kier alpha value is -2.32. The second-order valence-corrected chi connectivity index (χ2v) is 7.49. The summed E-state index contributed by atoms with van der Waals surface area (Å²) in [7, 11) is 0. The molecule has 1 amide bonds. The first-order valence-corrected chi connectivity index (χ1v) is 9.02. The molecule has 0 saturated heterocycles. The van der Waals surface area contributed by atoms with Crippen molar-refractivity contribution in [3.8, 4) is 0 Å². The van der Waals surface area contributed by atoms with Gasteiger partial charge in [0.05, 0.1) is 18.1 Å². The molecule has 2 aromatic heterocycles. The Morgan fingerprint density at radius 1 is 1.25 bits per heavy atom. The first kappa shape index (κ1) is 16.5. The van der Waals surface area contributed by atoms with Crippen LogP contribution in [-0.4, -0.2) is 21.4 Å². The molecule has 3 rings (SSSR count). The van der Waals surface area contributed by atoms with E-state index in [-0.39, 0.29) is 11.2 Å². The van der Waals surface area contributed by atoms with Crippen molar-refractivity contribution in [2.24, 2.45) is 0 Å². The summed E-state index contributed by atoms with van der Waals surface area (Å²) in [5, 5.41) is 14.6. The Morgan fingerprint density at radius 2 is 2.08 bits per heavy atom. The highest BCUT2D eigenvalue weighted by molar-refractivity contribution is 8.02. The summed E-state index contributed by atoms with van der Waals surface area (Å²) in [6, 6.07) is 13.1. The fourth-order valence-electron chi connectivity index (χ4n) is 1.87. The lowest BCUT2D eigenvalue weighted by atomic mass is 10.3. The third kappa shape index (κ3) is 4.59. The fourth-order valence-corrected chi connectivity index (χ4v) is 3.77. The Morgan fingerprint density at radius 3 is 2.83 bits per heavy atom. The largest absolute Gasteiger partial charge is 0.467 e. The molecule has 0 aliphatic heterocycles. The van der Waals surface area contributed by atoms with Crippen LogP contribution in [0.2, 0.25) is 0 Å². The van der Waals surface area contributed by atoms with Crippen LogP contribution in [0.4, 0.5) is 10.8 Å². The van der Waals surface area contributed by atoms with E-state index >= 15 is 0 Å². The molecule has 1 atom stereocenters. The lowest BCUT2D eigenvalue weighted by molar-refractivity contribution is -0.115. The average molecular weight is 360 g/mol. The molecule has 1 unspecified atom stereocenters. The van der Waals surface area contributed by atoms with Gasteiger partial charge in [0.1, 0.15) is 5.76 Å². The molecule has 124 valence electrons. The Balaban J connectivity index is 1.51. The van der Waals surface area contributed by atoms with Crippen molar-refractivity contribution in [3.63, 3.8) is 0 Å². The smallest absolute Gasteiger partial charge is 0.237 e. The highest BCUT2D eigenvalue weighted by Crippen LogP contribution is 2.29. The third-order valence-electron chi connectivity index (χ3n) is 3.09. The predicted molar refractivity (Wildman–Crippen MR) is 96.3 cm³/mol. The van der Waals surface area contributed by atoms with E-state index in [0.717, 1.165) is 15.8 Å². The molecule has 1 aromatic carbocycles. The number of carbonyl (C=O) groups is 1. The number of thioether (sulfide) groups is 1. The minimum absolute atomic E-state index is 0.0634. The molecule has 3 aromatic rings. The fraction of sp³-hybridized carbons (Fsp3) is 0.188. The lowest BCUT2D eigenvalue weighted by Crippen LogP contribution is -2.22. The van der Waals surface area contributed by atoms with Crippen molar-refractivity contribution in [3.05, 3.63) is 54.5 Å². The number of para-hydroxylation sites is 1. The van der Waals surface area contributed by atoms with Crippen LogP contribution in [-0.2, 0) is 11.3 Å².